The average Bonchev–Trinajstić information content (AvgIpc) is 3.57. The van der Waals surface area contributed by atoms with Gasteiger partial charge in [-0.05, 0) is 35.4 Å². The summed E-state index contributed by atoms with van der Waals surface area (Å²) in [7, 11) is 1.64. The van der Waals surface area contributed by atoms with Gasteiger partial charge in [0.1, 0.15) is 29.4 Å². The molecule has 0 saturated carbocycles. The summed E-state index contributed by atoms with van der Waals surface area (Å²) in [5.74, 6) is -0.414. The fourth-order valence-corrected chi connectivity index (χ4v) is 4.04. The highest BCUT2D eigenvalue weighted by atomic mass is 19.2. The quantitative estimate of drug-likeness (QED) is 0.278. The number of rotatable bonds is 6. The van der Waals surface area contributed by atoms with E-state index in [0.717, 1.165) is 28.5 Å². The molecule has 6 rings (SSSR count). The van der Waals surface area contributed by atoms with Crippen LogP contribution in [0.25, 0.3) is 45.2 Å². The van der Waals surface area contributed by atoms with Crippen LogP contribution >= 0.6 is 0 Å². The molecule has 0 N–H and O–H groups in total. The van der Waals surface area contributed by atoms with Crippen molar-refractivity contribution in [1.82, 2.24) is 24.9 Å². The predicted octanol–water partition coefficient (Wildman–Crippen LogP) is 6.10. The maximum Gasteiger partial charge on any atom is 0.169 e. The van der Waals surface area contributed by atoms with Crippen LogP contribution in [0.4, 0.5) is 8.78 Å². The summed E-state index contributed by atoms with van der Waals surface area (Å²) >= 11 is 0. The van der Waals surface area contributed by atoms with Gasteiger partial charge in [0.15, 0.2) is 23.2 Å². The first-order chi connectivity index (χ1) is 18.1. The van der Waals surface area contributed by atoms with E-state index in [1.54, 1.807) is 18.0 Å². The Morgan fingerprint density at radius 3 is 2.30 bits per heavy atom. The Kier molecular flexibility index (Phi) is 5.65. The van der Waals surface area contributed by atoms with Gasteiger partial charge in [-0.2, -0.15) is 5.10 Å². The van der Waals surface area contributed by atoms with Gasteiger partial charge in [-0.1, -0.05) is 47.6 Å². The first-order valence-electron chi connectivity index (χ1n) is 11.4. The minimum Gasteiger partial charge on any atom is -0.497 e. The van der Waals surface area contributed by atoms with Crippen LogP contribution in [0.5, 0.6) is 5.75 Å². The van der Waals surface area contributed by atoms with Crippen LogP contribution in [0.1, 0.15) is 5.76 Å². The predicted molar refractivity (Wildman–Crippen MR) is 133 cm³/mol. The number of hydrogen-bond donors (Lipinski definition) is 0. The number of benzene rings is 3. The lowest BCUT2D eigenvalue weighted by Gasteiger charge is -2.04. The van der Waals surface area contributed by atoms with E-state index >= 15 is 0 Å². The second-order valence-electron chi connectivity index (χ2n) is 8.37. The smallest absolute Gasteiger partial charge is 0.169 e. The van der Waals surface area contributed by atoms with Crippen molar-refractivity contribution in [2.24, 2.45) is 0 Å². The van der Waals surface area contributed by atoms with Gasteiger partial charge in [0.25, 0.3) is 0 Å². The summed E-state index contributed by atoms with van der Waals surface area (Å²) in [6.07, 6.45) is 3.20. The normalized spacial score (nSPS) is 11.2. The molecule has 2 aliphatic heterocycles. The van der Waals surface area contributed by atoms with Crippen LogP contribution in [0.2, 0.25) is 0 Å². The second kappa shape index (κ2) is 9.27. The number of fused-ring (bicyclic) bond motifs is 1. The zero-order valence-corrected chi connectivity index (χ0v) is 19.6. The first-order valence-corrected chi connectivity index (χ1v) is 11.4. The van der Waals surface area contributed by atoms with Gasteiger partial charge in [-0.25, -0.2) is 18.7 Å². The third-order valence-corrected chi connectivity index (χ3v) is 5.99. The van der Waals surface area contributed by atoms with Crippen LogP contribution in [-0.2, 0) is 6.54 Å². The summed E-state index contributed by atoms with van der Waals surface area (Å²) in [4.78, 5) is 8.63. The minimum absolute atomic E-state index is 0.000589. The van der Waals surface area contributed by atoms with Crippen molar-refractivity contribution in [2.75, 3.05) is 7.11 Å². The summed E-state index contributed by atoms with van der Waals surface area (Å²) < 4.78 is 40.1. The molecule has 1 aromatic heterocycles. The molecule has 0 radical (unpaired) electrons. The first kappa shape index (κ1) is 22.5. The molecule has 3 aromatic carbocycles. The Hall–Kier alpha value is -4.92. The summed E-state index contributed by atoms with van der Waals surface area (Å²) in [5, 5.41) is 8.53. The molecule has 7 nitrogen and oxygen atoms in total. The Morgan fingerprint density at radius 2 is 1.54 bits per heavy atom. The molecule has 0 unspecified atom stereocenters. The van der Waals surface area contributed by atoms with E-state index in [9.17, 15) is 8.78 Å². The van der Waals surface area contributed by atoms with Crippen LogP contribution in [0, 0.1) is 11.6 Å². The lowest BCUT2D eigenvalue weighted by molar-refractivity contribution is 0.372. The number of nitrogens with zero attached hydrogens (tertiary/aromatic N) is 5. The van der Waals surface area contributed by atoms with Gasteiger partial charge >= 0.3 is 0 Å². The van der Waals surface area contributed by atoms with Gasteiger partial charge < -0.3 is 9.26 Å². The average molecular weight is 495 g/mol. The SMILES string of the molecule is COc1ccc(-c2ccc(-c3cc(Cn4cc5nc(-c6cccc(F)c6F)nc-5cn4)on3)cc2)cc1. The lowest BCUT2D eigenvalue weighted by Crippen LogP contribution is -2.04. The van der Waals surface area contributed by atoms with Crippen molar-refractivity contribution < 1.29 is 18.0 Å². The van der Waals surface area contributed by atoms with Gasteiger partial charge in [0.05, 0.1) is 25.1 Å². The molecule has 9 heteroatoms. The molecule has 0 aliphatic carbocycles. The number of ether oxygens (including phenoxy) is 1. The Balaban J connectivity index is 1.20. The zero-order chi connectivity index (χ0) is 25.4. The standard InChI is InChI=1S/C28H19F2N5O2/c1-36-20-11-9-18(10-12-20)17-5-7-19(8-6-17)24-13-21(37-34-24)15-35-16-26-25(14-31-35)32-28(33-26)22-3-2-4-23(29)27(22)30/h2-14,16H,15H2,1H3. The van der Waals surface area contributed by atoms with Gasteiger partial charge in [-0.3, -0.25) is 4.68 Å². The van der Waals surface area contributed by atoms with Crippen LogP contribution < -0.4 is 4.74 Å². The molecule has 0 amide bonds. The van der Waals surface area contributed by atoms with Crippen molar-refractivity contribution in [2.45, 2.75) is 6.54 Å². The Labute approximate surface area is 210 Å². The van der Waals surface area contributed by atoms with Crippen molar-refractivity contribution in [1.29, 1.82) is 0 Å². The topological polar surface area (TPSA) is 78.9 Å². The van der Waals surface area contributed by atoms with Gasteiger partial charge in [0.2, 0.25) is 0 Å². The van der Waals surface area contributed by atoms with Crippen LogP contribution in [0.3, 0.4) is 0 Å². The summed E-state index contributed by atoms with van der Waals surface area (Å²) in [6, 6.07) is 21.7. The van der Waals surface area contributed by atoms with E-state index in [2.05, 4.69) is 20.2 Å². The van der Waals surface area contributed by atoms with E-state index in [4.69, 9.17) is 9.26 Å². The van der Waals surface area contributed by atoms with Crippen molar-refractivity contribution in [3.8, 4) is 50.9 Å². The molecule has 0 saturated heterocycles. The Bertz CT molecular complexity index is 1660. The van der Waals surface area contributed by atoms with Gasteiger partial charge in [-0.15, -0.1) is 0 Å². The van der Waals surface area contributed by atoms with E-state index in [1.807, 2.05) is 54.6 Å². The van der Waals surface area contributed by atoms with E-state index in [0.29, 0.717) is 29.4 Å². The summed E-state index contributed by atoms with van der Waals surface area (Å²) in [6.45, 7) is 0.309. The molecule has 2 aliphatic rings. The van der Waals surface area contributed by atoms with Gasteiger partial charge in [0, 0.05) is 11.6 Å². The molecule has 0 spiro atoms. The third-order valence-electron chi connectivity index (χ3n) is 5.99. The maximum absolute atomic E-state index is 14.2. The minimum atomic E-state index is -0.982. The zero-order valence-electron chi connectivity index (χ0n) is 19.6. The number of methoxy groups -OCH3 is 1. The Morgan fingerprint density at radius 1 is 0.838 bits per heavy atom. The van der Waals surface area contributed by atoms with Crippen molar-refractivity contribution in [3.05, 3.63) is 103 Å². The van der Waals surface area contributed by atoms with Crippen LogP contribution in [0.15, 0.2) is 89.7 Å². The molecule has 3 heterocycles. The number of halogens is 2. The monoisotopic (exact) mass is 495 g/mol. The largest absolute Gasteiger partial charge is 0.497 e. The molecule has 0 fully saturated rings. The third kappa shape index (κ3) is 4.42. The number of imidazole rings is 1. The van der Waals surface area contributed by atoms with Crippen LogP contribution in [-0.4, -0.2) is 32.0 Å². The lowest BCUT2D eigenvalue weighted by atomic mass is 10.0. The molecule has 0 bridgehead atoms. The van der Waals surface area contributed by atoms with E-state index in [-0.39, 0.29) is 11.4 Å². The van der Waals surface area contributed by atoms with Crippen molar-refractivity contribution in [3.63, 3.8) is 0 Å². The van der Waals surface area contributed by atoms with E-state index in [1.165, 1.54) is 18.3 Å². The highest BCUT2D eigenvalue weighted by Gasteiger charge is 2.18. The number of hydrogen-bond acceptors (Lipinski definition) is 6. The molecule has 182 valence electrons. The highest BCUT2D eigenvalue weighted by molar-refractivity contribution is 5.69. The maximum atomic E-state index is 14.2. The van der Waals surface area contributed by atoms with Crippen molar-refractivity contribution >= 4 is 0 Å². The molecular weight excluding hydrogens is 476 g/mol. The molecule has 4 aromatic rings. The fourth-order valence-electron chi connectivity index (χ4n) is 4.04. The fraction of sp³-hybridized carbons (Fsp3) is 0.0714. The number of aromatic nitrogens is 5. The van der Waals surface area contributed by atoms with E-state index < -0.39 is 11.6 Å². The summed E-state index contributed by atoms with van der Waals surface area (Å²) in [5.41, 5.74) is 4.77. The second-order valence-corrected chi connectivity index (χ2v) is 8.37. The molecule has 37 heavy (non-hydrogen) atoms. The molecule has 0 atom stereocenters. The molecular formula is C28H19F2N5O2. The highest BCUT2D eigenvalue weighted by Crippen LogP contribution is 2.28.